The fourth-order valence-electron chi connectivity index (χ4n) is 6.56. The van der Waals surface area contributed by atoms with Crippen molar-refractivity contribution in [2.24, 2.45) is 23.2 Å². The summed E-state index contributed by atoms with van der Waals surface area (Å²) in [5.74, 6) is 2.40. The quantitative estimate of drug-likeness (QED) is 0.361. The number of ketones is 1. The van der Waals surface area contributed by atoms with Crippen molar-refractivity contribution in [3.8, 4) is 0 Å². The number of fused-ring (bicyclic) bond motifs is 1. The summed E-state index contributed by atoms with van der Waals surface area (Å²) in [5.41, 5.74) is 0.298. The van der Waals surface area contributed by atoms with Crippen molar-refractivity contribution in [2.75, 3.05) is 0 Å². The molecule has 0 aromatic heterocycles. The standard InChI is InChI=1S/C24H46O2Si/c1-8-27(9-2,10-3)26-23(5,6)17-11-13-19(4)20-15-16-21-22(25)14-12-18-24(20,21)7/h19-21H,8-18H2,1-7H3/t19-,20?,21+,24+/m0/s1. The molecule has 2 aliphatic rings. The van der Waals surface area contributed by atoms with Crippen LogP contribution in [0.25, 0.3) is 0 Å². The Kier molecular flexibility index (Phi) is 7.81. The van der Waals surface area contributed by atoms with Gasteiger partial charge in [0.2, 0.25) is 0 Å². The summed E-state index contributed by atoms with van der Waals surface area (Å²) in [6.07, 6.45) is 9.34. The van der Waals surface area contributed by atoms with Crippen molar-refractivity contribution in [1.82, 2.24) is 0 Å². The zero-order chi connectivity index (χ0) is 20.3. The smallest absolute Gasteiger partial charge is 0.192 e. The molecule has 0 radical (unpaired) electrons. The molecule has 2 saturated carbocycles. The van der Waals surface area contributed by atoms with Crippen LogP contribution in [0, 0.1) is 23.2 Å². The lowest BCUT2D eigenvalue weighted by atomic mass is 9.62. The first-order valence-corrected chi connectivity index (χ1v) is 14.4. The first kappa shape index (κ1) is 23.1. The summed E-state index contributed by atoms with van der Waals surface area (Å²) in [6.45, 7) is 16.5. The largest absolute Gasteiger partial charge is 0.412 e. The molecule has 2 nitrogen and oxygen atoms in total. The molecule has 27 heavy (non-hydrogen) atoms. The summed E-state index contributed by atoms with van der Waals surface area (Å²) in [7, 11) is -1.54. The number of carbonyl (C=O) groups is 1. The van der Waals surface area contributed by atoms with Crippen molar-refractivity contribution >= 4 is 14.1 Å². The second kappa shape index (κ2) is 9.11. The minimum absolute atomic E-state index is 0.0108. The Morgan fingerprint density at radius 1 is 1.19 bits per heavy atom. The minimum atomic E-state index is -1.54. The van der Waals surface area contributed by atoms with Crippen LogP contribution in [0.4, 0.5) is 0 Å². The predicted molar refractivity (Wildman–Crippen MR) is 119 cm³/mol. The van der Waals surface area contributed by atoms with Crippen LogP contribution >= 0.6 is 0 Å². The molecule has 3 heteroatoms. The topological polar surface area (TPSA) is 26.3 Å². The van der Waals surface area contributed by atoms with Gasteiger partial charge in [0.15, 0.2) is 8.32 Å². The van der Waals surface area contributed by atoms with E-state index in [1.807, 2.05) is 0 Å². The summed E-state index contributed by atoms with van der Waals surface area (Å²) >= 11 is 0. The van der Waals surface area contributed by atoms with Gasteiger partial charge in [0.25, 0.3) is 0 Å². The van der Waals surface area contributed by atoms with Gasteiger partial charge in [0, 0.05) is 12.3 Å². The lowest BCUT2D eigenvalue weighted by Crippen LogP contribution is -2.44. The highest BCUT2D eigenvalue weighted by Gasteiger charge is 2.52. The van der Waals surface area contributed by atoms with Gasteiger partial charge in [0.05, 0.1) is 5.60 Å². The molecule has 0 bridgehead atoms. The van der Waals surface area contributed by atoms with Crippen LogP contribution in [0.2, 0.25) is 18.1 Å². The lowest BCUT2D eigenvalue weighted by Gasteiger charge is -2.42. The van der Waals surface area contributed by atoms with Gasteiger partial charge in [-0.3, -0.25) is 4.79 Å². The maximum atomic E-state index is 12.4. The van der Waals surface area contributed by atoms with E-state index in [4.69, 9.17) is 4.43 Å². The van der Waals surface area contributed by atoms with Crippen LogP contribution in [-0.4, -0.2) is 19.7 Å². The van der Waals surface area contributed by atoms with Crippen molar-refractivity contribution < 1.29 is 9.22 Å². The molecular formula is C24H46O2Si. The highest BCUT2D eigenvalue weighted by Crippen LogP contribution is 2.57. The van der Waals surface area contributed by atoms with Gasteiger partial charge < -0.3 is 4.43 Å². The fraction of sp³-hybridized carbons (Fsp3) is 0.958. The molecule has 0 aromatic rings. The van der Waals surface area contributed by atoms with Crippen molar-refractivity contribution in [3.05, 3.63) is 0 Å². The molecule has 158 valence electrons. The van der Waals surface area contributed by atoms with Gasteiger partial charge in [-0.2, -0.15) is 0 Å². The normalized spacial score (nSPS) is 30.4. The fourth-order valence-corrected chi connectivity index (χ4v) is 9.77. The first-order chi connectivity index (χ1) is 12.6. The van der Waals surface area contributed by atoms with Gasteiger partial charge in [-0.1, -0.05) is 47.5 Å². The Labute approximate surface area is 170 Å². The molecule has 0 N–H and O–H groups in total. The summed E-state index contributed by atoms with van der Waals surface area (Å²) < 4.78 is 6.79. The van der Waals surface area contributed by atoms with Gasteiger partial charge in [-0.25, -0.2) is 0 Å². The molecule has 0 spiro atoms. The molecule has 0 saturated heterocycles. The van der Waals surface area contributed by atoms with E-state index in [2.05, 4.69) is 48.5 Å². The summed E-state index contributed by atoms with van der Waals surface area (Å²) in [6, 6.07) is 3.70. The SMILES string of the molecule is CC[Si](CC)(CC)OC(C)(C)CCC[C@H](C)C1CC[C@@H]2C(=O)CCC[C@]12C. The highest BCUT2D eigenvalue weighted by atomic mass is 28.4. The summed E-state index contributed by atoms with van der Waals surface area (Å²) in [5, 5.41) is 0. The van der Waals surface area contributed by atoms with E-state index in [0.717, 1.165) is 37.5 Å². The van der Waals surface area contributed by atoms with E-state index >= 15 is 0 Å². The highest BCUT2D eigenvalue weighted by molar-refractivity contribution is 6.73. The Morgan fingerprint density at radius 3 is 2.41 bits per heavy atom. The van der Waals surface area contributed by atoms with Crippen molar-refractivity contribution in [3.63, 3.8) is 0 Å². The molecule has 0 aliphatic heterocycles. The van der Waals surface area contributed by atoms with Gasteiger partial charge in [0.1, 0.15) is 5.78 Å². The zero-order valence-electron chi connectivity index (χ0n) is 19.3. The van der Waals surface area contributed by atoms with Gasteiger partial charge in [-0.15, -0.1) is 0 Å². The third-order valence-electron chi connectivity index (χ3n) is 8.49. The molecule has 0 amide bonds. The van der Waals surface area contributed by atoms with Crippen LogP contribution in [0.3, 0.4) is 0 Å². The van der Waals surface area contributed by atoms with E-state index in [1.54, 1.807) is 0 Å². The third kappa shape index (κ3) is 5.07. The molecule has 2 fully saturated rings. The lowest BCUT2D eigenvalue weighted by molar-refractivity contribution is -0.130. The van der Waals surface area contributed by atoms with E-state index in [9.17, 15) is 4.79 Å². The average Bonchev–Trinajstić information content (AvgIpc) is 2.98. The van der Waals surface area contributed by atoms with Crippen LogP contribution in [0.15, 0.2) is 0 Å². The predicted octanol–water partition coefficient (Wildman–Crippen LogP) is 7.38. The van der Waals surface area contributed by atoms with Gasteiger partial charge >= 0.3 is 0 Å². The Balaban J connectivity index is 1.88. The second-order valence-corrected chi connectivity index (χ2v) is 15.2. The molecule has 0 aromatic carbocycles. The first-order valence-electron chi connectivity index (χ1n) is 11.9. The number of rotatable bonds is 10. The average molecular weight is 395 g/mol. The monoisotopic (exact) mass is 394 g/mol. The molecule has 4 atom stereocenters. The maximum absolute atomic E-state index is 12.4. The Bertz CT molecular complexity index is 488. The number of hydrogen-bond donors (Lipinski definition) is 0. The summed E-state index contributed by atoms with van der Waals surface area (Å²) in [4.78, 5) is 12.4. The number of hydrogen-bond acceptors (Lipinski definition) is 2. The van der Waals surface area contributed by atoms with Crippen LogP contribution in [0.5, 0.6) is 0 Å². The van der Waals surface area contributed by atoms with E-state index in [0.29, 0.717) is 11.7 Å². The zero-order valence-corrected chi connectivity index (χ0v) is 20.3. The van der Waals surface area contributed by atoms with E-state index in [1.165, 1.54) is 43.8 Å². The van der Waals surface area contributed by atoms with Crippen molar-refractivity contribution in [2.45, 2.75) is 124 Å². The van der Waals surface area contributed by atoms with Crippen LogP contribution in [0.1, 0.15) is 99.8 Å². The Hall–Kier alpha value is -0.153. The van der Waals surface area contributed by atoms with Crippen LogP contribution in [-0.2, 0) is 9.22 Å². The minimum Gasteiger partial charge on any atom is -0.412 e. The molecule has 2 rings (SSSR count). The molecule has 1 unspecified atom stereocenters. The molecule has 2 aliphatic carbocycles. The Morgan fingerprint density at radius 2 is 1.81 bits per heavy atom. The molecule has 0 heterocycles. The molecular weight excluding hydrogens is 348 g/mol. The van der Waals surface area contributed by atoms with E-state index < -0.39 is 8.32 Å². The van der Waals surface area contributed by atoms with Gasteiger partial charge in [-0.05, 0) is 81.3 Å². The second-order valence-electron chi connectivity index (χ2n) is 10.5. The third-order valence-corrected chi connectivity index (χ3v) is 13.3. The number of Topliss-reactive ketones (excluding diaryl/α,β-unsaturated/α-hetero) is 1. The van der Waals surface area contributed by atoms with E-state index in [-0.39, 0.29) is 11.0 Å². The number of carbonyl (C=O) groups excluding carboxylic acids is 1. The maximum Gasteiger partial charge on any atom is 0.192 e. The van der Waals surface area contributed by atoms with Crippen LogP contribution < -0.4 is 0 Å². The van der Waals surface area contributed by atoms with Crippen molar-refractivity contribution in [1.29, 1.82) is 0 Å².